The van der Waals surface area contributed by atoms with Crippen molar-refractivity contribution in [3.63, 3.8) is 0 Å². The van der Waals surface area contributed by atoms with Crippen LogP contribution >= 0.6 is 23.2 Å². The van der Waals surface area contributed by atoms with E-state index in [0.717, 1.165) is 29.2 Å². The first-order chi connectivity index (χ1) is 25.6. The third-order valence-corrected chi connectivity index (χ3v) is 10.5. The number of anilines is 1. The van der Waals surface area contributed by atoms with Crippen LogP contribution in [0.25, 0.3) is 0 Å². The van der Waals surface area contributed by atoms with Gasteiger partial charge in [0.1, 0.15) is 17.7 Å². The molecule has 3 aromatic rings. The number of carbonyl (C=O) groups excluding carboxylic acids is 5. The summed E-state index contributed by atoms with van der Waals surface area (Å²) in [7, 11) is -5.77. The fraction of sp³-hybridized carbons (Fsp3) is 0.361. The number of alkyl halides is 3. The standard InChI is InChI=1S/C36H36Cl2F4N4O8S/c1-35(2,3)54-34(51)43-16-15-26(32(49)44-25-12-11-24(37)30(38)31(25)39)45-33(50)27-18-21-9-10-23(55(52,53)36(40,41)42)17-22(21)19-46(27)29(48)14-13-28(47)20-7-5-4-6-8-20/h4-12,17,26-27H,13-16,18-19H2,1-3H3,(H,43,51)(H,44,49)(H,45,50)/t26-,27-/m0/s1. The molecule has 0 aliphatic carbocycles. The molecule has 1 heterocycles. The molecule has 55 heavy (non-hydrogen) atoms. The smallest absolute Gasteiger partial charge is 0.444 e. The first kappa shape index (κ1) is 43.0. The summed E-state index contributed by atoms with van der Waals surface area (Å²) >= 11 is 11.7. The first-order valence-corrected chi connectivity index (χ1v) is 18.9. The van der Waals surface area contributed by atoms with Gasteiger partial charge in [0.15, 0.2) is 11.6 Å². The second-order valence-corrected chi connectivity index (χ2v) is 16.1. The zero-order valence-corrected chi connectivity index (χ0v) is 31.9. The van der Waals surface area contributed by atoms with Crippen LogP contribution in [0.3, 0.4) is 0 Å². The summed E-state index contributed by atoms with van der Waals surface area (Å²) in [4.78, 5) is 66.3. The largest absolute Gasteiger partial charge is 0.501 e. The van der Waals surface area contributed by atoms with E-state index in [1.54, 1.807) is 39.0 Å². The highest BCUT2D eigenvalue weighted by Crippen LogP contribution is 2.34. The van der Waals surface area contributed by atoms with Crippen LogP contribution in [0.2, 0.25) is 10.0 Å². The minimum atomic E-state index is -5.77. The summed E-state index contributed by atoms with van der Waals surface area (Å²) in [6, 6.07) is 10.0. The maximum atomic E-state index is 14.9. The number of hydrogen-bond acceptors (Lipinski definition) is 8. The Labute approximate surface area is 323 Å². The van der Waals surface area contributed by atoms with Gasteiger partial charge in [-0.25, -0.2) is 17.6 Å². The van der Waals surface area contributed by atoms with Crippen LogP contribution in [0, 0.1) is 5.82 Å². The van der Waals surface area contributed by atoms with Crippen molar-refractivity contribution in [1.29, 1.82) is 0 Å². The number of halogens is 6. The lowest BCUT2D eigenvalue weighted by molar-refractivity contribution is -0.142. The Morgan fingerprint density at radius 3 is 2.25 bits per heavy atom. The van der Waals surface area contributed by atoms with Crippen LogP contribution in [-0.2, 0) is 41.9 Å². The van der Waals surface area contributed by atoms with E-state index in [2.05, 4.69) is 16.0 Å². The Balaban J connectivity index is 1.64. The molecule has 12 nitrogen and oxygen atoms in total. The van der Waals surface area contributed by atoms with E-state index in [4.69, 9.17) is 27.9 Å². The first-order valence-electron chi connectivity index (χ1n) is 16.6. The Morgan fingerprint density at radius 2 is 1.62 bits per heavy atom. The zero-order chi connectivity index (χ0) is 40.9. The van der Waals surface area contributed by atoms with E-state index in [-0.39, 0.29) is 42.0 Å². The van der Waals surface area contributed by atoms with Gasteiger partial charge in [0.05, 0.1) is 20.6 Å². The number of carbonyl (C=O) groups is 5. The number of fused-ring (bicyclic) bond motifs is 1. The molecule has 0 unspecified atom stereocenters. The minimum Gasteiger partial charge on any atom is -0.444 e. The second kappa shape index (κ2) is 17.4. The third kappa shape index (κ3) is 10.9. The molecule has 4 rings (SSSR count). The van der Waals surface area contributed by atoms with Gasteiger partial charge >= 0.3 is 11.6 Å². The number of rotatable bonds is 12. The van der Waals surface area contributed by atoms with Gasteiger partial charge in [-0.05, 0) is 62.6 Å². The topological polar surface area (TPSA) is 168 Å². The quantitative estimate of drug-likeness (QED) is 0.107. The number of alkyl carbamates (subject to hydrolysis) is 1. The maximum Gasteiger partial charge on any atom is 0.501 e. The van der Waals surface area contributed by atoms with Crippen molar-refractivity contribution in [3.8, 4) is 0 Å². The van der Waals surface area contributed by atoms with Crippen LogP contribution < -0.4 is 16.0 Å². The Hall–Kier alpha value is -4.74. The second-order valence-electron chi connectivity index (χ2n) is 13.4. The number of amides is 4. The van der Waals surface area contributed by atoms with Crippen molar-refractivity contribution in [2.45, 2.75) is 81.1 Å². The molecule has 0 aromatic heterocycles. The molecule has 2 atom stereocenters. The van der Waals surface area contributed by atoms with Gasteiger partial charge in [0, 0.05) is 37.9 Å². The van der Waals surface area contributed by atoms with Gasteiger partial charge in [0.2, 0.25) is 17.7 Å². The SMILES string of the molecule is CC(C)(C)OC(=O)NCC[C@H](NC(=O)[C@@H]1Cc2ccc(S(=O)(=O)C(F)(F)F)cc2CN1C(=O)CCC(=O)c1ccccc1)C(=O)Nc1ccc(Cl)c(Cl)c1F. The number of nitrogens with one attached hydrogen (secondary N) is 3. The molecule has 3 aromatic carbocycles. The third-order valence-electron chi connectivity index (χ3n) is 8.23. The van der Waals surface area contributed by atoms with Crippen LogP contribution in [0.15, 0.2) is 65.6 Å². The number of ketones is 1. The van der Waals surface area contributed by atoms with Crippen LogP contribution in [0.5, 0.6) is 0 Å². The highest BCUT2D eigenvalue weighted by molar-refractivity contribution is 7.92. The number of nitrogens with zero attached hydrogens (tertiary/aromatic N) is 1. The molecule has 4 amide bonds. The van der Waals surface area contributed by atoms with Gasteiger partial charge in [-0.2, -0.15) is 13.2 Å². The number of hydrogen-bond donors (Lipinski definition) is 3. The van der Waals surface area contributed by atoms with Crippen molar-refractivity contribution in [3.05, 3.63) is 93.2 Å². The molecular formula is C36H36Cl2F4N4O8S. The number of benzene rings is 3. The maximum absolute atomic E-state index is 14.9. The molecule has 0 saturated heterocycles. The fourth-order valence-corrected chi connectivity index (χ4v) is 6.62. The average Bonchev–Trinajstić information content (AvgIpc) is 3.11. The van der Waals surface area contributed by atoms with Gasteiger partial charge in [-0.3, -0.25) is 19.2 Å². The molecule has 19 heteroatoms. The summed E-state index contributed by atoms with van der Waals surface area (Å²) in [6.45, 7) is 4.09. The Kier molecular flexibility index (Phi) is 13.6. The normalized spacial score (nSPS) is 15.0. The van der Waals surface area contributed by atoms with Crippen molar-refractivity contribution >= 4 is 68.3 Å². The summed E-state index contributed by atoms with van der Waals surface area (Å²) in [5, 5.41) is 6.64. The van der Waals surface area contributed by atoms with Gasteiger partial charge in [-0.15, -0.1) is 0 Å². The van der Waals surface area contributed by atoms with Crippen molar-refractivity contribution in [2.24, 2.45) is 0 Å². The van der Waals surface area contributed by atoms with Gasteiger partial charge < -0.3 is 25.6 Å². The average molecular weight is 832 g/mol. The Bertz CT molecular complexity index is 2080. The number of Topliss-reactive ketones (excluding diaryl/α,β-unsaturated/α-hetero) is 1. The van der Waals surface area contributed by atoms with Gasteiger partial charge in [0.25, 0.3) is 9.84 Å². The van der Waals surface area contributed by atoms with E-state index in [9.17, 15) is 50.0 Å². The molecule has 1 aliphatic rings. The van der Waals surface area contributed by atoms with Crippen molar-refractivity contribution < 1.29 is 54.7 Å². The fourth-order valence-electron chi connectivity index (χ4n) is 5.50. The predicted octanol–water partition coefficient (Wildman–Crippen LogP) is 6.38. The van der Waals surface area contributed by atoms with Crippen molar-refractivity contribution in [1.82, 2.24) is 15.5 Å². The summed E-state index contributed by atoms with van der Waals surface area (Å²) in [5.74, 6) is -4.16. The molecule has 3 N–H and O–H groups in total. The van der Waals surface area contributed by atoms with E-state index >= 15 is 0 Å². The summed E-state index contributed by atoms with van der Waals surface area (Å²) in [6.07, 6.45) is -2.21. The summed E-state index contributed by atoms with van der Waals surface area (Å²) < 4.78 is 84.7. The van der Waals surface area contributed by atoms with Gasteiger partial charge in [-0.1, -0.05) is 59.6 Å². The van der Waals surface area contributed by atoms with E-state index < -0.39 is 97.0 Å². The Morgan fingerprint density at radius 1 is 0.945 bits per heavy atom. The monoisotopic (exact) mass is 830 g/mol. The highest BCUT2D eigenvalue weighted by atomic mass is 35.5. The molecular weight excluding hydrogens is 795 g/mol. The molecule has 1 aliphatic heterocycles. The molecule has 0 spiro atoms. The molecule has 0 radical (unpaired) electrons. The number of ether oxygens (including phenoxy) is 1. The lowest BCUT2D eigenvalue weighted by atomic mass is 9.92. The molecule has 0 fully saturated rings. The zero-order valence-electron chi connectivity index (χ0n) is 29.6. The van der Waals surface area contributed by atoms with Crippen LogP contribution in [0.4, 0.5) is 28.0 Å². The number of sulfone groups is 1. The lowest BCUT2D eigenvalue weighted by Gasteiger charge is -2.37. The van der Waals surface area contributed by atoms with Crippen molar-refractivity contribution in [2.75, 3.05) is 11.9 Å². The minimum absolute atomic E-state index is 0.00283. The van der Waals surface area contributed by atoms with E-state index in [1.807, 2.05) is 0 Å². The van der Waals surface area contributed by atoms with Crippen LogP contribution in [0.1, 0.15) is 61.5 Å². The highest BCUT2D eigenvalue weighted by Gasteiger charge is 2.47. The molecule has 0 bridgehead atoms. The van der Waals surface area contributed by atoms with Crippen LogP contribution in [-0.4, -0.2) is 72.7 Å². The lowest BCUT2D eigenvalue weighted by Crippen LogP contribution is -2.56. The van der Waals surface area contributed by atoms with E-state index in [1.165, 1.54) is 18.2 Å². The van der Waals surface area contributed by atoms with E-state index in [0.29, 0.717) is 5.56 Å². The molecule has 0 saturated carbocycles. The summed E-state index contributed by atoms with van der Waals surface area (Å²) in [5.41, 5.74) is -6.33. The molecule has 296 valence electrons. The predicted molar refractivity (Wildman–Crippen MR) is 194 cm³/mol.